The fraction of sp³-hybridized carbons (Fsp3) is 0.286. The molecule has 0 bridgehead atoms. The number of sulfonamides is 1. The van der Waals surface area contributed by atoms with Gasteiger partial charge in [-0.15, -0.1) is 11.3 Å². The van der Waals surface area contributed by atoms with E-state index in [1.807, 2.05) is 7.05 Å². The van der Waals surface area contributed by atoms with Crippen LogP contribution in [0.2, 0.25) is 0 Å². The third-order valence-electron chi connectivity index (χ3n) is 3.08. The fourth-order valence-corrected chi connectivity index (χ4v) is 4.80. The van der Waals surface area contributed by atoms with E-state index in [1.54, 1.807) is 19.1 Å². The van der Waals surface area contributed by atoms with Crippen molar-refractivity contribution in [2.75, 3.05) is 18.4 Å². The van der Waals surface area contributed by atoms with Crippen molar-refractivity contribution in [1.29, 1.82) is 0 Å². The maximum atomic E-state index is 13.3. The van der Waals surface area contributed by atoms with Gasteiger partial charge in [0.05, 0.1) is 5.69 Å². The van der Waals surface area contributed by atoms with Gasteiger partial charge in [-0.25, -0.2) is 12.8 Å². The molecule has 0 saturated carbocycles. The summed E-state index contributed by atoms with van der Waals surface area (Å²) in [6.07, 6.45) is 0. The lowest BCUT2D eigenvalue weighted by Crippen LogP contribution is -2.26. The van der Waals surface area contributed by atoms with E-state index in [2.05, 4.69) is 5.32 Å². The van der Waals surface area contributed by atoms with Gasteiger partial charge in [0.2, 0.25) is 0 Å². The first kappa shape index (κ1) is 15.9. The number of aryl methyl sites for hydroxylation is 1. The molecule has 1 aromatic heterocycles. The molecule has 1 N–H and O–H groups in total. The highest BCUT2D eigenvalue weighted by Crippen LogP contribution is 2.30. The van der Waals surface area contributed by atoms with Gasteiger partial charge in [0, 0.05) is 23.3 Å². The zero-order valence-electron chi connectivity index (χ0n) is 12.1. The maximum Gasteiger partial charge on any atom is 0.265 e. The molecule has 21 heavy (non-hydrogen) atoms. The fourth-order valence-electron chi connectivity index (χ4n) is 2.00. The third kappa shape index (κ3) is 3.25. The van der Waals surface area contributed by atoms with E-state index < -0.39 is 15.8 Å². The smallest absolute Gasteiger partial charge is 0.265 e. The number of benzene rings is 1. The molecule has 0 atom stereocenters. The highest BCUT2D eigenvalue weighted by atomic mass is 32.2. The monoisotopic (exact) mass is 328 g/mol. The molecule has 0 aliphatic heterocycles. The second kappa shape index (κ2) is 6.13. The SMILES string of the molecule is CNCc1cc(S(=O)(=O)N(C)c2cccc(F)c2)c(C)s1. The summed E-state index contributed by atoms with van der Waals surface area (Å²) in [5.74, 6) is -0.465. The van der Waals surface area contributed by atoms with Gasteiger partial charge in [0.1, 0.15) is 10.7 Å². The molecule has 1 aromatic carbocycles. The summed E-state index contributed by atoms with van der Waals surface area (Å²) in [6, 6.07) is 7.21. The van der Waals surface area contributed by atoms with Crippen LogP contribution in [0.15, 0.2) is 35.2 Å². The Balaban J connectivity index is 2.42. The largest absolute Gasteiger partial charge is 0.315 e. The third-order valence-corrected chi connectivity index (χ3v) is 6.18. The minimum Gasteiger partial charge on any atom is -0.315 e. The average molecular weight is 328 g/mol. The predicted octanol–water partition coefficient (Wildman–Crippen LogP) is 2.74. The molecule has 0 fully saturated rings. The van der Waals surface area contributed by atoms with Gasteiger partial charge >= 0.3 is 0 Å². The Morgan fingerprint density at radius 2 is 2.05 bits per heavy atom. The molecule has 0 unspecified atom stereocenters. The molecule has 0 radical (unpaired) electrons. The average Bonchev–Trinajstić information content (AvgIpc) is 2.80. The molecule has 114 valence electrons. The minimum atomic E-state index is -3.69. The van der Waals surface area contributed by atoms with E-state index >= 15 is 0 Å². The number of thiophene rings is 1. The van der Waals surface area contributed by atoms with Crippen LogP contribution in [0.3, 0.4) is 0 Å². The summed E-state index contributed by atoms with van der Waals surface area (Å²) in [4.78, 5) is 1.94. The maximum absolute atomic E-state index is 13.3. The van der Waals surface area contributed by atoms with Gasteiger partial charge < -0.3 is 5.32 Å². The second-order valence-corrected chi connectivity index (χ2v) is 7.89. The Kier molecular flexibility index (Phi) is 4.65. The summed E-state index contributed by atoms with van der Waals surface area (Å²) < 4.78 is 39.7. The molecule has 0 saturated heterocycles. The summed E-state index contributed by atoms with van der Waals surface area (Å²) in [5.41, 5.74) is 0.302. The van der Waals surface area contributed by atoms with E-state index in [9.17, 15) is 12.8 Å². The van der Waals surface area contributed by atoms with Crippen LogP contribution < -0.4 is 9.62 Å². The normalized spacial score (nSPS) is 11.6. The first-order valence-corrected chi connectivity index (χ1v) is 8.60. The van der Waals surface area contributed by atoms with Crippen LogP contribution in [0.25, 0.3) is 0 Å². The van der Waals surface area contributed by atoms with Crippen molar-refractivity contribution in [1.82, 2.24) is 5.32 Å². The van der Waals surface area contributed by atoms with Crippen molar-refractivity contribution in [2.45, 2.75) is 18.4 Å². The van der Waals surface area contributed by atoms with Crippen LogP contribution in [0, 0.1) is 12.7 Å². The molecule has 0 spiro atoms. The van der Waals surface area contributed by atoms with E-state index in [4.69, 9.17) is 0 Å². The Morgan fingerprint density at radius 1 is 1.33 bits per heavy atom. The van der Waals surface area contributed by atoms with Crippen LogP contribution in [0.4, 0.5) is 10.1 Å². The van der Waals surface area contributed by atoms with Crippen LogP contribution in [-0.4, -0.2) is 22.5 Å². The van der Waals surface area contributed by atoms with Crippen LogP contribution in [0.5, 0.6) is 0 Å². The first-order chi connectivity index (χ1) is 9.86. The number of nitrogens with zero attached hydrogens (tertiary/aromatic N) is 1. The quantitative estimate of drug-likeness (QED) is 0.918. The summed E-state index contributed by atoms with van der Waals surface area (Å²) >= 11 is 1.44. The number of hydrogen-bond acceptors (Lipinski definition) is 4. The zero-order chi connectivity index (χ0) is 15.6. The second-order valence-electron chi connectivity index (χ2n) is 4.62. The van der Waals surface area contributed by atoms with Crippen molar-refractivity contribution >= 4 is 27.0 Å². The lowest BCUT2D eigenvalue weighted by Gasteiger charge is -2.19. The van der Waals surface area contributed by atoms with E-state index in [-0.39, 0.29) is 4.90 Å². The van der Waals surface area contributed by atoms with Crippen molar-refractivity contribution in [3.63, 3.8) is 0 Å². The number of rotatable bonds is 5. The summed E-state index contributed by atoms with van der Waals surface area (Å²) in [6.45, 7) is 2.39. The minimum absolute atomic E-state index is 0.268. The number of halogens is 1. The van der Waals surface area contributed by atoms with Gasteiger partial charge in [-0.2, -0.15) is 0 Å². The molecule has 2 rings (SSSR count). The molecule has 0 amide bonds. The van der Waals surface area contributed by atoms with Crippen LogP contribution >= 0.6 is 11.3 Å². The number of hydrogen-bond donors (Lipinski definition) is 1. The van der Waals surface area contributed by atoms with Gasteiger partial charge in [-0.3, -0.25) is 4.31 Å². The molecule has 7 heteroatoms. The molecule has 4 nitrogen and oxygen atoms in total. The number of anilines is 1. The zero-order valence-corrected chi connectivity index (χ0v) is 13.7. The number of nitrogens with one attached hydrogen (secondary N) is 1. The summed E-state index contributed by atoms with van der Waals surface area (Å²) in [7, 11) is -0.450. The van der Waals surface area contributed by atoms with Crippen LogP contribution in [-0.2, 0) is 16.6 Å². The van der Waals surface area contributed by atoms with Crippen molar-refractivity contribution < 1.29 is 12.8 Å². The predicted molar refractivity (Wildman–Crippen MR) is 83.8 cm³/mol. The van der Waals surface area contributed by atoms with E-state index in [0.717, 1.165) is 14.1 Å². The van der Waals surface area contributed by atoms with E-state index in [0.29, 0.717) is 12.2 Å². The Bertz CT molecular complexity index is 741. The first-order valence-electron chi connectivity index (χ1n) is 6.34. The van der Waals surface area contributed by atoms with Gasteiger partial charge in [0.15, 0.2) is 0 Å². The van der Waals surface area contributed by atoms with E-state index in [1.165, 1.54) is 36.6 Å². The van der Waals surface area contributed by atoms with Gasteiger partial charge in [-0.1, -0.05) is 6.07 Å². The molecule has 1 heterocycles. The highest BCUT2D eigenvalue weighted by molar-refractivity contribution is 7.93. The lowest BCUT2D eigenvalue weighted by atomic mass is 10.3. The molecule has 0 aliphatic rings. The van der Waals surface area contributed by atoms with Crippen LogP contribution in [0.1, 0.15) is 9.75 Å². The van der Waals surface area contributed by atoms with Gasteiger partial charge in [-0.05, 0) is 38.2 Å². The topological polar surface area (TPSA) is 49.4 Å². The Labute approximate surface area is 128 Å². The molecule has 2 aromatic rings. The molecule has 0 aliphatic carbocycles. The highest BCUT2D eigenvalue weighted by Gasteiger charge is 2.25. The van der Waals surface area contributed by atoms with Crippen molar-refractivity contribution in [3.8, 4) is 0 Å². The summed E-state index contributed by atoms with van der Waals surface area (Å²) in [5, 5.41) is 3.00. The van der Waals surface area contributed by atoms with Gasteiger partial charge in [0.25, 0.3) is 10.0 Å². The van der Waals surface area contributed by atoms with Crippen molar-refractivity contribution in [3.05, 3.63) is 45.9 Å². The van der Waals surface area contributed by atoms with Crippen molar-refractivity contribution in [2.24, 2.45) is 0 Å². The Morgan fingerprint density at radius 3 is 2.67 bits per heavy atom. The molecular formula is C14H17FN2O2S2. The standard InChI is InChI=1S/C14H17FN2O2S2/c1-10-14(8-13(20-10)9-16-2)21(18,19)17(3)12-6-4-5-11(15)7-12/h4-8,16H,9H2,1-3H3. The lowest BCUT2D eigenvalue weighted by molar-refractivity contribution is 0.593. The Hall–Kier alpha value is -1.44. The molecular weight excluding hydrogens is 311 g/mol.